The summed E-state index contributed by atoms with van der Waals surface area (Å²) in [5.41, 5.74) is -0.265. The van der Waals surface area contributed by atoms with Crippen LogP contribution in [0.4, 0.5) is 11.4 Å². The second kappa shape index (κ2) is 8.28. The van der Waals surface area contributed by atoms with Crippen LogP contribution in [0.25, 0.3) is 0 Å². The van der Waals surface area contributed by atoms with E-state index >= 15 is 0 Å². The maximum absolute atomic E-state index is 12.5. The SMILES string of the molecule is CC(=O)Oc1cc(OC(C)=O)cc(C(=O)Nc2cc([N+](=O)[O-])ccc2Cl)c1. The molecule has 0 aliphatic rings. The second-order valence-electron chi connectivity index (χ2n) is 5.26. The smallest absolute Gasteiger partial charge is 0.308 e. The fourth-order valence-corrected chi connectivity index (χ4v) is 2.23. The lowest BCUT2D eigenvalue weighted by Crippen LogP contribution is -2.14. The Morgan fingerprint density at radius 1 is 1.00 bits per heavy atom. The predicted molar refractivity (Wildman–Crippen MR) is 95.1 cm³/mol. The van der Waals surface area contributed by atoms with Gasteiger partial charge in [-0.3, -0.25) is 24.5 Å². The number of carbonyl (C=O) groups excluding carboxylic acids is 3. The van der Waals surface area contributed by atoms with Crippen LogP contribution in [0, 0.1) is 10.1 Å². The van der Waals surface area contributed by atoms with E-state index in [1.807, 2.05) is 0 Å². The summed E-state index contributed by atoms with van der Waals surface area (Å²) in [6.45, 7) is 2.34. The molecule has 1 N–H and O–H groups in total. The standard InChI is InChI=1S/C17H13ClN2O7/c1-9(21)26-13-5-11(6-14(8-13)27-10(2)22)17(23)19-16-7-12(20(24)25)3-4-15(16)18/h3-8H,1-2H3,(H,19,23). The zero-order valence-electron chi connectivity index (χ0n) is 14.1. The number of amides is 1. The highest BCUT2D eigenvalue weighted by atomic mass is 35.5. The number of nitrogens with one attached hydrogen (secondary N) is 1. The molecule has 0 unspecified atom stereocenters. The summed E-state index contributed by atoms with van der Waals surface area (Å²) in [6.07, 6.45) is 0. The number of non-ortho nitro benzene ring substituents is 1. The Kier molecular flexibility index (Phi) is 6.09. The van der Waals surface area contributed by atoms with Crippen LogP contribution >= 0.6 is 11.6 Å². The van der Waals surface area contributed by atoms with Gasteiger partial charge in [-0.25, -0.2) is 0 Å². The Balaban J connectivity index is 2.37. The van der Waals surface area contributed by atoms with Crippen molar-refractivity contribution in [2.45, 2.75) is 13.8 Å². The number of benzene rings is 2. The highest BCUT2D eigenvalue weighted by Crippen LogP contribution is 2.28. The van der Waals surface area contributed by atoms with Gasteiger partial charge in [0.25, 0.3) is 11.6 Å². The topological polar surface area (TPSA) is 125 Å². The lowest BCUT2D eigenvalue weighted by Gasteiger charge is -2.10. The van der Waals surface area contributed by atoms with E-state index in [2.05, 4.69) is 5.32 Å². The van der Waals surface area contributed by atoms with Crippen LogP contribution in [0.3, 0.4) is 0 Å². The molecule has 0 bridgehead atoms. The third-order valence-electron chi connectivity index (χ3n) is 3.07. The maximum Gasteiger partial charge on any atom is 0.308 e. The van der Waals surface area contributed by atoms with E-state index in [0.717, 1.165) is 6.07 Å². The van der Waals surface area contributed by atoms with Crippen molar-refractivity contribution in [1.29, 1.82) is 0 Å². The first-order chi connectivity index (χ1) is 12.7. The summed E-state index contributed by atoms with van der Waals surface area (Å²) in [6, 6.07) is 7.32. The first-order valence-corrected chi connectivity index (χ1v) is 7.80. The van der Waals surface area contributed by atoms with Gasteiger partial charge in [0, 0.05) is 37.6 Å². The van der Waals surface area contributed by atoms with Crippen molar-refractivity contribution >= 4 is 40.8 Å². The fraction of sp³-hybridized carbons (Fsp3) is 0.118. The minimum Gasteiger partial charge on any atom is -0.427 e. The number of hydrogen-bond donors (Lipinski definition) is 1. The molecule has 0 saturated heterocycles. The lowest BCUT2D eigenvalue weighted by molar-refractivity contribution is -0.384. The van der Waals surface area contributed by atoms with Gasteiger partial charge < -0.3 is 14.8 Å². The minimum absolute atomic E-state index is 0.0165. The molecule has 1 amide bonds. The quantitative estimate of drug-likeness (QED) is 0.358. The van der Waals surface area contributed by atoms with Crippen LogP contribution in [0.1, 0.15) is 24.2 Å². The van der Waals surface area contributed by atoms with Gasteiger partial charge in [0.05, 0.1) is 15.6 Å². The van der Waals surface area contributed by atoms with Crippen LogP contribution in [-0.4, -0.2) is 22.8 Å². The van der Waals surface area contributed by atoms with Crippen molar-refractivity contribution < 1.29 is 28.8 Å². The summed E-state index contributed by atoms with van der Waals surface area (Å²) < 4.78 is 9.85. The monoisotopic (exact) mass is 392 g/mol. The van der Waals surface area contributed by atoms with E-state index in [4.69, 9.17) is 21.1 Å². The Bertz CT molecular complexity index is 909. The average molecular weight is 393 g/mol. The van der Waals surface area contributed by atoms with Crippen molar-refractivity contribution in [3.63, 3.8) is 0 Å². The molecule has 0 aliphatic heterocycles. The molecule has 0 aliphatic carbocycles. The Morgan fingerprint density at radius 3 is 2.04 bits per heavy atom. The third-order valence-corrected chi connectivity index (χ3v) is 3.40. The summed E-state index contributed by atoms with van der Waals surface area (Å²) in [4.78, 5) is 45.0. The van der Waals surface area contributed by atoms with Crippen molar-refractivity contribution in [2.75, 3.05) is 5.32 Å². The molecule has 0 spiro atoms. The number of anilines is 1. The second-order valence-corrected chi connectivity index (χ2v) is 5.66. The number of nitro benzene ring substituents is 1. The van der Waals surface area contributed by atoms with Gasteiger partial charge in [0.2, 0.25) is 0 Å². The molecular formula is C17H13ClN2O7. The van der Waals surface area contributed by atoms with Crippen LogP contribution in [0.5, 0.6) is 11.5 Å². The van der Waals surface area contributed by atoms with E-state index in [9.17, 15) is 24.5 Å². The minimum atomic E-state index is -0.709. The summed E-state index contributed by atoms with van der Waals surface area (Å²) >= 11 is 5.96. The van der Waals surface area contributed by atoms with E-state index < -0.39 is 22.8 Å². The first-order valence-electron chi connectivity index (χ1n) is 7.43. The molecular weight excluding hydrogens is 380 g/mol. The van der Waals surface area contributed by atoms with Gasteiger partial charge >= 0.3 is 11.9 Å². The van der Waals surface area contributed by atoms with E-state index in [1.165, 1.54) is 44.2 Å². The summed E-state index contributed by atoms with van der Waals surface area (Å²) in [7, 11) is 0. The number of nitro groups is 1. The summed E-state index contributed by atoms with van der Waals surface area (Å²) in [5, 5.41) is 13.4. The van der Waals surface area contributed by atoms with E-state index in [-0.39, 0.29) is 33.5 Å². The fourth-order valence-electron chi connectivity index (χ4n) is 2.07. The molecule has 0 radical (unpaired) electrons. The molecule has 0 aromatic heterocycles. The highest BCUT2D eigenvalue weighted by molar-refractivity contribution is 6.34. The molecule has 2 aromatic rings. The highest BCUT2D eigenvalue weighted by Gasteiger charge is 2.16. The molecule has 27 heavy (non-hydrogen) atoms. The van der Waals surface area contributed by atoms with Gasteiger partial charge in [-0.2, -0.15) is 0 Å². The van der Waals surface area contributed by atoms with Crippen molar-refractivity contribution in [3.05, 3.63) is 57.1 Å². The van der Waals surface area contributed by atoms with Gasteiger partial charge in [0.15, 0.2) is 0 Å². The first kappa shape index (κ1) is 19.9. The van der Waals surface area contributed by atoms with Gasteiger partial charge in [-0.15, -0.1) is 0 Å². The number of halogens is 1. The summed E-state index contributed by atoms with van der Waals surface area (Å²) in [5.74, 6) is -2.01. The molecule has 2 aromatic carbocycles. The van der Waals surface area contributed by atoms with E-state index in [1.54, 1.807) is 0 Å². The van der Waals surface area contributed by atoms with Crippen LogP contribution in [0.15, 0.2) is 36.4 Å². The number of carbonyl (C=O) groups is 3. The lowest BCUT2D eigenvalue weighted by atomic mass is 10.1. The third kappa shape index (κ3) is 5.51. The van der Waals surface area contributed by atoms with Crippen molar-refractivity contribution in [3.8, 4) is 11.5 Å². The van der Waals surface area contributed by atoms with Crippen molar-refractivity contribution in [1.82, 2.24) is 0 Å². The number of rotatable bonds is 5. The van der Waals surface area contributed by atoms with Gasteiger partial charge in [0.1, 0.15) is 11.5 Å². The maximum atomic E-state index is 12.5. The predicted octanol–water partition coefficient (Wildman–Crippen LogP) is 3.35. The molecule has 0 heterocycles. The van der Waals surface area contributed by atoms with Crippen molar-refractivity contribution in [2.24, 2.45) is 0 Å². The van der Waals surface area contributed by atoms with Crippen LogP contribution in [-0.2, 0) is 9.59 Å². The number of nitrogens with zero attached hydrogens (tertiary/aromatic N) is 1. The Hall–Kier alpha value is -3.46. The van der Waals surface area contributed by atoms with E-state index in [0.29, 0.717) is 0 Å². The molecule has 9 nitrogen and oxygen atoms in total. The zero-order valence-corrected chi connectivity index (χ0v) is 14.9. The normalized spacial score (nSPS) is 10.0. The number of ether oxygens (including phenoxy) is 2. The Morgan fingerprint density at radius 2 is 1.56 bits per heavy atom. The zero-order chi connectivity index (χ0) is 20.1. The van der Waals surface area contributed by atoms with Gasteiger partial charge in [-0.05, 0) is 18.2 Å². The number of esters is 2. The molecule has 0 saturated carbocycles. The number of hydrogen-bond acceptors (Lipinski definition) is 7. The molecule has 140 valence electrons. The Labute approximate surface area is 158 Å². The van der Waals surface area contributed by atoms with Crippen LogP contribution in [0.2, 0.25) is 5.02 Å². The molecule has 0 atom stereocenters. The molecule has 0 fully saturated rings. The largest absolute Gasteiger partial charge is 0.427 e. The molecule has 10 heteroatoms. The average Bonchev–Trinajstić information content (AvgIpc) is 2.55. The molecule has 2 rings (SSSR count). The van der Waals surface area contributed by atoms with Crippen LogP contribution < -0.4 is 14.8 Å². The van der Waals surface area contributed by atoms with Gasteiger partial charge in [-0.1, -0.05) is 11.6 Å².